The number of aryl methyl sites for hydroxylation is 2. The minimum atomic E-state index is -0.529. The van der Waals surface area contributed by atoms with Crippen LogP contribution in [-0.2, 0) is 19.1 Å². The summed E-state index contributed by atoms with van der Waals surface area (Å²) in [4.78, 5) is 53.0. The number of amides is 3. The number of carbonyl (C=O) groups is 4. The van der Waals surface area contributed by atoms with E-state index < -0.39 is 11.9 Å². The highest BCUT2D eigenvalue weighted by Crippen LogP contribution is 2.41. The van der Waals surface area contributed by atoms with Crippen LogP contribution in [0.25, 0.3) is 11.1 Å². The molecule has 3 amide bonds. The SMILES string of the molecule is CCOC(=O)c1c(NC(=O)CN2C(=O)C3CC=CCC3C2=O)sc(C)c1-c1ccc(C)cc1. The summed E-state index contributed by atoms with van der Waals surface area (Å²) < 4.78 is 5.27. The molecule has 1 aromatic carbocycles. The fourth-order valence-electron chi connectivity index (χ4n) is 4.43. The van der Waals surface area contributed by atoms with Gasteiger partial charge in [0, 0.05) is 10.4 Å². The van der Waals surface area contributed by atoms with E-state index >= 15 is 0 Å². The molecule has 2 atom stereocenters. The van der Waals surface area contributed by atoms with Crippen LogP contribution in [0, 0.1) is 25.7 Å². The van der Waals surface area contributed by atoms with Gasteiger partial charge in [-0.1, -0.05) is 42.0 Å². The molecule has 172 valence electrons. The molecule has 7 nitrogen and oxygen atoms in total. The van der Waals surface area contributed by atoms with E-state index in [-0.39, 0.29) is 42.4 Å². The van der Waals surface area contributed by atoms with Crippen molar-refractivity contribution in [3.8, 4) is 11.1 Å². The Kier molecular flexibility index (Phi) is 6.47. The summed E-state index contributed by atoms with van der Waals surface area (Å²) in [6, 6.07) is 7.77. The van der Waals surface area contributed by atoms with E-state index in [2.05, 4.69) is 5.32 Å². The monoisotopic (exact) mass is 466 g/mol. The Morgan fingerprint density at radius 2 is 1.67 bits per heavy atom. The largest absolute Gasteiger partial charge is 0.462 e. The first-order valence-electron chi connectivity index (χ1n) is 11.0. The maximum atomic E-state index is 12.9. The number of ether oxygens (including phenoxy) is 1. The standard InChI is InChI=1S/C25H26N2O5S/c1-4-32-25(31)21-20(16-11-9-14(2)10-12-16)15(3)33-22(21)26-19(28)13-27-23(29)17-7-5-6-8-18(17)24(27)30/h5-6,9-12,17-18H,4,7-8,13H2,1-3H3,(H,26,28). The number of anilines is 1. The van der Waals surface area contributed by atoms with Crippen LogP contribution in [0.4, 0.5) is 5.00 Å². The molecule has 1 saturated heterocycles. The summed E-state index contributed by atoms with van der Waals surface area (Å²) in [6.07, 6.45) is 4.85. The molecule has 8 heteroatoms. The Morgan fingerprint density at radius 3 is 2.24 bits per heavy atom. The average Bonchev–Trinajstić information content (AvgIpc) is 3.23. The first kappa shape index (κ1) is 22.9. The summed E-state index contributed by atoms with van der Waals surface area (Å²) >= 11 is 1.27. The average molecular weight is 467 g/mol. The van der Waals surface area contributed by atoms with Crippen LogP contribution in [0.5, 0.6) is 0 Å². The van der Waals surface area contributed by atoms with Crippen LogP contribution in [-0.4, -0.2) is 41.7 Å². The molecule has 0 bridgehead atoms. The van der Waals surface area contributed by atoms with E-state index in [1.165, 1.54) is 11.3 Å². The lowest BCUT2D eigenvalue weighted by molar-refractivity contribution is -0.142. The molecule has 2 aromatic rings. The van der Waals surface area contributed by atoms with Crippen LogP contribution < -0.4 is 5.32 Å². The number of likely N-dealkylation sites (tertiary alicyclic amines) is 1. The second kappa shape index (κ2) is 9.31. The van der Waals surface area contributed by atoms with Crippen molar-refractivity contribution in [1.29, 1.82) is 0 Å². The zero-order chi connectivity index (χ0) is 23.7. The van der Waals surface area contributed by atoms with Gasteiger partial charge in [0.2, 0.25) is 17.7 Å². The van der Waals surface area contributed by atoms with E-state index in [1.807, 2.05) is 50.3 Å². The Morgan fingerprint density at radius 1 is 1.06 bits per heavy atom. The van der Waals surface area contributed by atoms with E-state index in [1.54, 1.807) is 6.92 Å². The summed E-state index contributed by atoms with van der Waals surface area (Å²) in [5.41, 5.74) is 2.93. The van der Waals surface area contributed by atoms with Crippen LogP contribution in [0.1, 0.15) is 40.6 Å². The number of allylic oxidation sites excluding steroid dienone is 2. The lowest BCUT2D eigenvalue weighted by Crippen LogP contribution is -2.38. The first-order chi connectivity index (χ1) is 15.8. The molecule has 1 fully saturated rings. The van der Waals surface area contributed by atoms with Crippen molar-refractivity contribution in [2.75, 3.05) is 18.5 Å². The van der Waals surface area contributed by atoms with E-state index in [0.29, 0.717) is 23.4 Å². The summed E-state index contributed by atoms with van der Waals surface area (Å²) in [5, 5.41) is 3.11. The summed E-state index contributed by atoms with van der Waals surface area (Å²) in [7, 11) is 0. The second-order valence-corrected chi connectivity index (χ2v) is 9.52. The molecule has 0 radical (unpaired) electrons. The van der Waals surface area contributed by atoms with Gasteiger partial charge in [-0.2, -0.15) is 0 Å². The van der Waals surface area contributed by atoms with Gasteiger partial charge in [0.15, 0.2) is 0 Å². The fourth-order valence-corrected chi connectivity index (χ4v) is 5.51. The van der Waals surface area contributed by atoms with E-state index in [4.69, 9.17) is 4.74 Å². The molecule has 0 spiro atoms. The van der Waals surface area contributed by atoms with Gasteiger partial charge in [-0.25, -0.2) is 4.79 Å². The van der Waals surface area contributed by atoms with Crippen molar-refractivity contribution in [3.63, 3.8) is 0 Å². The van der Waals surface area contributed by atoms with Gasteiger partial charge in [0.1, 0.15) is 17.1 Å². The molecular weight excluding hydrogens is 440 g/mol. The normalized spacial score (nSPS) is 19.5. The van der Waals surface area contributed by atoms with Crippen LogP contribution >= 0.6 is 11.3 Å². The Labute approximate surface area is 196 Å². The third-order valence-corrected chi connectivity index (χ3v) is 7.08. The van der Waals surface area contributed by atoms with E-state index in [0.717, 1.165) is 20.9 Å². The van der Waals surface area contributed by atoms with Crippen molar-refractivity contribution in [3.05, 3.63) is 52.4 Å². The number of hydrogen-bond donors (Lipinski definition) is 1. The Balaban J connectivity index is 1.60. The number of fused-ring (bicyclic) bond motifs is 1. The van der Waals surface area contributed by atoms with Gasteiger partial charge in [-0.3, -0.25) is 19.3 Å². The van der Waals surface area contributed by atoms with Crippen LogP contribution in [0.15, 0.2) is 36.4 Å². The predicted octanol–water partition coefficient (Wildman–Crippen LogP) is 4.10. The van der Waals surface area contributed by atoms with Crippen molar-refractivity contribution in [1.82, 2.24) is 4.90 Å². The fraction of sp³-hybridized carbons (Fsp3) is 0.360. The molecule has 0 saturated carbocycles. The number of hydrogen-bond acceptors (Lipinski definition) is 6. The first-order valence-corrected chi connectivity index (χ1v) is 11.8. The molecule has 2 aliphatic rings. The quantitative estimate of drug-likeness (QED) is 0.393. The molecule has 33 heavy (non-hydrogen) atoms. The number of carbonyl (C=O) groups excluding carboxylic acids is 4. The third kappa shape index (κ3) is 4.35. The van der Waals surface area contributed by atoms with Crippen molar-refractivity contribution in [2.45, 2.75) is 33.6 Å². The van der Waals surface area contributed by atoms with E-state index in [9.17, 15) is 19.2 Å². The zero-order valence-electron chi connectivity index (χ0n) is 18.8. The molecule has 4 rings (SSSR count). The number of imide groups is 1. The molecule has 1 aliphatic carbocycles. The lowest BCUT2D eigenvalue weighted by atomic mass is 9.85. The second-order valence-electron chi connectivity index (χ2n) is 8.29. The number of benzene rings is 1. The maximum absolute atomic E-state index is 12.9. The van der Waals surface area contributed by atoms with Gasteiger partial charge in [0.05, 0.1) is 18.4 Å². The molecule has 1 aliphatic heterocycles. The van der Waals surface area contributed by atoms with Gasteiger partial charge in [-0.15, -0.1) is 11.3 Å². The van der Waals surface area contributed by atoms with Crippen molar-refractivity contribution >= 4 is 40.0 Å². The summed E-state index contributed by atoms with van der Waals surface area (Å²) in [5.74, 6) is -2.44. The number of esters is 1. The highest BCUT2D eigenvalue weighted by Gasteiger charge is 2.47. The van der Waals surface area contributed by atoms with Crippen LogP contribution in [0.2, 0.25) is 0 Å². The predicted molar refractivity (Wildman–Crippen MR) is 126 cm³/mol. The van der Waals surface area contributed by atoms with Gasteiger partial charge in [-0.05, 0) is 39.2 Å². The van der Waals surface area contributed by atoms with Gasteiger partial charge < -0.3 is 10.1 Å². The summed E-state index contributed by atoms with van der Waals surface area (Å²) in [6.45, 7) is 5.41. The van der Waals surface area contributed by atoms with Gasteiger partial charge in [0.25, 0.3) is 0 Å². The Hall–Kier alpha value is -3.26. The molecule has 1 N–H and O–H groups in total. The highest BCUT2D eigenvalue weighted by molar-refractivity contribution is 7.17. The molecule has 2 unspecified atom stereocenters. The number of rotatable bonds is 6. The van der Waals surface area contributed by atoms with Crippen molar-refractivity contribution < 1.29 is 23.9 Å². The Bertz CT molecular complexity index is 1120. The number of nitrogens with zero attached hydrogens (tertiary/aromatic N) is 1. The minimum absolute atomic E-state index is 0.196. The molecule has 2 heterocycles. The van der Waals surface area contributed by atoms with Crippen molar-refractivity contribution in [2.24, 2.45) is 11.8 Å². The topological polar surface area (TPSA) is 92.8 Å². The number of nitrogens with one attached hydrogen (secondary N) is 1. The smallest absolute Gasteiger partial charge is 0.341 e. The van der Waals surface area contributed by atoms with Gasteiger partial charge >= 0.3 is 5.97 Å². The molecular formula is C25H26N2O5S. The zero-order valence-corrected chi connectivity index (χ0v) is 19.7. The number of thiophene rings is 1. The molecule has 1 aromatic heterocycles. The maximum Gasteiger partial charge on any atom is 0.341 e. The highest BCUT2D eigenvalue weighted by atomic mass is 32.1. The minimum Gasteiger partial charge on any atom is -0.462 e. The third-order valence-electron chi connectivity index (χ3n) is 6.06. The van der Waals surface area contributed by atoms with Crippen LogP contribution in [0.3, 0.4) is 0 Å². The lowest BCUT2D eigenvalue weighted by Gasteiger charge is -2.14.